The highest BCUT2D eigenvalue weighted by atomic mass is 19.2. The normalized spacial score (nSPS) is 24.8. The molecule has 0 atom stereocenters. The van der Waals surface area contributed by atoms with Gasteiger partial charge in [-0.1, -0.05) is 6.42 Å². The molecule has 0 N–H and O–H groups in total. The Morgan fingerprint density at radius 2 is 1.50 bits per heavy atom. The number of rotatable bonds is 3. The molecule has 4 heteroatoms. The predicted octanol–water partition coefficient (Wildman–Crippen LogP) is 6.24. The lowest BCUT2D eigenvalue weighted by atomic mass is 9.76. The van der Waals surface area contributed by atoms with E-state index in [0.717, 1.165) is 56.4 Å². The largest absolute Gasteiger partial charge is 0.501 e. The molecule has 0 aliphatic heterocycles. The summed E-state index contributed by atoms with van der Waals surface area (Å²) in [5.74, 6) is -1.89. The number of benzene rings is 1. The van der Waals surface area contributed by atoms with E-state index in [1.165, 1.54) is 24.8 Å². The van der Waals surface area contributed by atoms with Gasteiger partial charge >= 0.3 is 0 Å². The Balaban J connectivity index is 1.69. The van der Waals surface area contributed by atoms with E-state index in [4.69, 9.17) is 4.74 Å². The molecule has 2 aliphatic rings. The molecule has 2 aliphatic carbocycles. The van der Waals surface area contributed by atoms with Crippen LogP contribution in [0.2, 0.25) is 0 Å². The highest BCUT2D eigenvalue weighted by molar-refractivity contribution is 5.24. The third-order valence-electron chi connectivity index (χ3n) is 5.60. The van der Waals surface area contributed by atoms with E-state index in [1.54, 1.807) is 7.11 Å². The lowest BCUT2D eigenvalue weighted by Crippen LogP contribution is -2.18. The molecule has 0 spiro atoms. The fourth-order valence-electron chi connectivity index (χ4n) is 4.32. The van der Waals surface area contributed by atoms with E-state index >= 15 is 0 Å². The van der Waals surface area contributed by atoms with Crippen molar-refractivity contribution in [1.82, 2.24) is 0 Å². The maximum absolute atomic E-state index is 13.5. The Morgan fingerprint density at radius 3 is 2.04 bits per heavy atom. The van der Waals surface area contributed by atoms with Crippen LogP contribution in [-0.4, -0.2) is 7.11 Å². The van der Waals surface area contributed by atoms with Crippen molar-refractivity contribution in [2.75, 3.05) is 7.11 Å². The lowest BCUT2D eigenvalue weighted by molar-refractivity contribution is 0.198. The quantitative estimate of drug-likeness (QED) is 0.468. The number of ether oxygens (including phenoxy) is 1. The van der Waals surface area contributed by atoms with Gasteiger partial charge in [-0.2, -0.15) is 0 Å². The highest BCUT2D eigenvalue weighted by Crippen LogP contribution is 2.41. The predicted molar refractivity (Wildman–Crippen MR) is 88.1 cm³/mol. The summed E-state index contributed by atoms with van der Waals surface area (Å²) in [4.78, 5) is 0. The maximum Gasteiger partial charge on any atom is 0.194 e. The Morgan fingerprint density at radius 1 is 0.917 bits per heavy atom. The molecule has 0 radical (unpaired) electrons. The fraction of sp³-hybridized carbons (Fsp3) is 0.600. The average molecular weight is 338 g/mol. The summed E-state index contributed by atoms with van der Waals surface area (Å²) >= 11 is 0. The van der Waals surface area contributed by atoms with Crippen molar-refractivity contribution in [2.24, 2.45) is 5.92 Å². The topological polar surface area (TPSA) is 9.23 Å². The minimum absolute atomic E-state index is 0.0975. The summed E-state index contributed by atoms with van der Waals surface area (Å²) in [6.45, 7) is 0. The first kappa shape index (κ1) is 17.4. The van der Waals surface area contributed by atoms with E-state index in [0.29, 0.717) is 11.5 Å². The smallest absolute Gasteiger partial charge is 0.194 e. The number of halogens is 3. The van der Waals surface area contributed by atoms with Crippen LogP contribution in [0.25, 0.3) is 0 Å². The summed E-state index contributed by atoms with van der Waals surface area (Å²) in [5.41, 5.74) is 2.04. The number of hydrogen-bond donors (Lipinski definition) is 0. The SMILES string of the molecule is COC(=C1CCCCC1)C1CCC(c2cc(F)c(F)c(F)c2)CC1. The van der Waals surface area contributed by atoms with Crippen LogP contribution in [0.1, 0.15) is 69.3 Å². The third kappa shape index (κ3) is 3.62. The molecular formula is C20H25F3O. The molecule has 132 valence electrons. The number of methoxy groups -OCH3 is 1. The van der Waals surface area contributed by atoms with Gasteiger partial charge in [0.2, 0.25) is 0 Å². The first-order valence-electron chi connectivity index (χ1n) is 9.00. The second-order valence-electron chi connectivity index (χ2n) is 7.08. The molecule has 0 heterocycles. The summed E-state index contributed by atoms with van der Waals surface area (Å²) in [7, 11) is 1.76. The van der Waals surface area contributed by atoms with Crippen molar-refractivity contribution < 1.29 is 17.9 Å². The van der Waals surface area contributed by atoms with Crippen molar-refractivity contribution in [1.29, 1.82) is 0 Å². The van der Waals surface area contributed by atoms with Gasteiger partial charge in [0.1, 0.15) is 0 Å². The molecule has 2 fully saturated rings. The Kier molecular flexibility index (Phi) is 5.52. The van der Waals surface area contributed by atoms with Crippen LogP contribution in [0.3, 0.4) is 0 Å². The molecule has 0 bridgehead atoms. The standard InChI is InChI=1S/C20H25F3O/c1-24-20(14-5-3-2-4-6-14)15-9-7-13(8-10-15)16-11-17(21)19(23)18(22)12-16/h11-13,15H,2-10H2,1H3. The van der Waals surface area contributed by atoms with Crippen LogP contribution in [0.4, 0.5) is 13.2 Å². The highest BCUT2D eigenvalue weighted by Gasteiger charge is 2.28. The van der Waals surface area contributed by atoms with E-state index < -0.39 is 17.5 Å². The van der Waals surface area contributed by atoms with Crippen molar-refractivity contribution in [3.8, 4) is 0 Å². The zero-order valence-electron chi connectivity index (χ0n) is 14.2. The molecular weight excluding hydrogens is 313 g/mol. The van der Waals surface area contributed by atoms with E-state index in [9.17, 15) is 13.2 Å². The minimum atomic E-state index is -1.38. The van der Waals surface area contributed by atoms with Gasteiger partial charge in [0, 0.05) is 5.92 Å². The molecule has 24 heavy (non-hydrogen) atoms. The van der Waals surface area contributed by atoms with E-state index in [2.05, 4.69) is 0 Å². The molecule has 2 saturated carbocycles. The molecule has 0 amide bonds. The van der Waals surface area contributed by atoms with E-state index in [-0.39, 0.29) is 5.92 Å². The number of hydrogen-bond acceptors (Lipinski definition) is 1. The van der Waals surface area contributed by atoms with Crippen molar-refractivity contribution in [3.05, 3.63) is 46.5 Å². The molecule has 3 rings (SSSR count). The molecule has 1 aromatic carbocycles. The van der Waals surface area contributed by atoms with E-state index in [1.807, 2.05) is 0 Å². The Hall–Kier alpha value is -1.45. The second kappa shape index (κ2) is 7.62. The zero-order chi connectivity index (χ0) is 17.1. The average Bonchev–Trinajstić information content (AvgIpc) is 2.61. The van der Waals surface area contributed by atoms with Crippen molar-refractivity contribution >= 4 is 0 Å². The van der Waals surface area contributed by atoms with Crippen LogP contribution in [-0.2, 0) is 4.74 Å². The number of allylic oxidation sites excluding steroid dienone is 2. The first-order chi connectivity index (χ1) is 11.6. The summed E-state index contributed by atoms with van der Waals surface area (Å²) in [5, 5.41) is 0. The molecule has 0 unspecified atom stereocenters. The van der Waals surface area contributed by atoms with Crippen LogP contribution in [0.5, 0.6) is 0 Å². The maximum atomic E-state index is 13.5. The molecule has 0 saturated heterocycles. The Labute approximate surface area is 141 Å². The summed E-state index contributed by atoms with van der Waals surface area (Å²) in [6.07, 6.45) is 9.68. The summed E-state index contributed by atoms with van der Waals surface area (Å²) < 4.78 is 45.8. The van der Waals surface area contributed by atoms with Gasteiger partial charge in [0.25, 0.3) is 0 Å². The monoisotopic (exact) mass is 338 g/mol. The Bertz CT molecular complexity index is 584. The zero-order valence-corrected chi connectivity index (χ0v) is 14.2. The first-order valence-corrected chi connectivity index (χ1v) is 9.00. The van der Waals surface area contributed by atoms with Gasteiger partial charge in [-0.25, -0.2) is 13.2 Å². The lowest BCUT2D eigenvalue weighted by Gasteiger charge is -2.32. The van der Waals surface area contributed by atoms with Crippen LogP contribution in [0.15, 0.2) is 23.5 Å². The van der Waals surface area contributed by atoms with Gasteiger partial charge in [-0.15, -0.1) is 0 Å². The van der Waals surface area contributed by atoms with Gasteiger partial charge in [-0.05, 0) is 80.6 Å². The van der Waals surface area contributed by atoms with Gasteiger partial charge in [-0.3, -0.25) is 0 Å². The third-order valence-corrected chi connectivity index (χ3v) is 5.60. The summed E-state index contributed by atoms with van der Waals surface area (Å²) in [6, 6.07) is 2.31. The minimum Gasteiger partial charge on any atom is -0.501 e. The van der Waals surface area contributed by atoms with Gasteiger partial charge < -0.3 is 4.74 Å². The molecule has 0 aromatic heterocycles. The van der Waals surface area contributed by atoms with Crippen molar-refractivity contribution in [3.63, 3.8) is 0 Å². The second-order valence-corrected chi connectivity index (χ2v) is 7.08. The fourth-order valence-corrected chi connectivity index (χ4v) is 4.32. The molecule has 1 aromatic rings. The van der Waals surface area contributed by atoms with Gasteiger partial charge in [0.15, 0.2) is 17.5 Å². The van der Waals surface area contributed by atoms with Gasteiger partial charge in [0.05, 0.1) is 12.9 Å². The van der Waals surface area contributed by atoms with Crippen LogP contribution >= 0.6 is 0 Å². The van der Waals surface area contributed by atoms with Crippen LogP contribution < -0.4 is 0 Å². The molecule has 1 nitrogen and oxygen atoms in total. The van der Waals surface area contributed by atoms with Crippen LogP contribution in [0, 0.1) is 23.4 Å². The van der Waals surface area contributed by atoms with Crippen molar-refractivity contribution in [2.45, 2.75) is 63.7 Å².